The molecule has 9 heteroatoms. The molecule has 32 heavy (non-hydrogen) atoms. The van der Waals surface area contributed by atoms with Gasteiger partial charge in [-0.25, -0.2) is 0 Å². The molecule has 1 aromatic carbocycles. The number of halogens is 1. The fraction of sp³-hybridized carbons (Fsp3) is 0.652. The van der Waals surface area contributed by atoms with Crippen molar-refractivity contribution in [1.82, 2.24) is 15.5 Å². The smallest absolute Gasteiger partial charge is 0.254 e. The van der Waals surface area contributed by atoms with Crippen LogP contribution in [0.5, 0.6) is 0 Å². The minimum Gasteiger partial charge on any atom is -0.396 e. The molecule has 8 nitrogen and oxygen atoms in total. The number of benzene rings is 1. The molecule has 3 unspecified atom stereocenters. The molecule has 2 saturated heterocycles. The summed E-state index contributed by atoms with van der Waals surface area (Å²) >= 11 is 0. The number of ether oxygens (including phenoxy) is 2. The maximum absolute atomic E-state index is 12.8. The zero-order valence-corrected chi connectivity index (χ0v) is 21.6. The summed E-state index contributed by atoms with van der Waals surface area (Å²) in [7, 11) is 1.74. The van der Waals surface area contributed by atoms with Crippen molar-refractivity contribution in [1.29, 1.82) is 0 Å². The van der Waals surface area contributed by atoms with Crippen LogP contribution in [0.2, 0.25) is 0 Å². The topological polar surface area (TPSA) is 95.4 Å². The Bertz CT molecular complexity index is 743. The molecule has 0 aromatic heterocycles. The van der Waals surface area contributed by atoms with Gasteiger partial charge in [-0.15, -0.1) is 24.0 Å². The number of carbonyl (C=O) groups excluding carboxylic acids is 1. The molecule has 0 radical (unpaired) electrons. The number of morpholine rings is 1. The highest BCUT2D eigenvalue weighted by Crippen LogP contribution is 2.31. The molecule has 3 N–H and O–H groups in total. The minimum absolute atomic E-state index is 0. The van der Waals surface area contributed by atoms with E-state index in [4.69, 9.17) is 9.47 Å². The van der Waals surface area contributed by atoms with E-state index in [9.17, 15) is 9.90 Å². The minimum atomic E-state index is -0.0388. The SMILES string of the molecule is CN=C(NCc1ccc(C(=O)N2CC(C)OC(C)C2)cc1)NCC1(CCO)CCOC1.I. The van der Waals surface area contributed by atoms with E-state index in [1.807, 2.05) is 43.0 Å². The second kappa shape index (κ2) is 12.7. The van der Waals surface area contributed by atoms with Crippen molar-refractivity contribution in [2.75, 3.05) is 46.5 Å². The molecular weight excluding hydrogens is 523 g/mol. The molecule has 2 aliphatic rings. The molecule has 2 fully saturated rings. The van der Waals surface area contributed by atoms with Crippen LogP contribution in [0.25, 0.3) is 0 Å². The van der Waals surface area contributed by atoms with Crippen LogP contribution in [0, 0.1) is 5.41 Å². The van der Waals surface area contributed by atoms with Gasteiger partial charge in [-0.2, -0.15) is 0 Å². The number of rotatable bonds is 7. The maximum atomic E-state index is 12.8. The van der Waals surface area contributed by atoms with Crippen molar-refractivity contribution in [3.8, 4) is 0 Å². The van der Waals surface area contributed by atoms with Crippen LogP contribution in [0.15, 0.2) is 29.3 Å². The highest BCUT2D eigenvalue weighted by molar-refractivity contribution is 14.0. The van der Waals surface area contributed by atoms with Crippen LogP contribution < -0.4 is 10.6 Å². The van der Waals surface area contributed by atoms with Gasteiger partial charge in [0.15, 0.2) is 5.96 Å². The lowest BCUT2D eigenvalue weighted by Crippen LogP contribution is -2.48. The Kier molecular flexibility index (Phi) is 10.7. The molecular formula is C23H37IN4O4. The molecule has 0 saturated carbocycles. The third kappa shape index (κ3) is 7.29. The number of nitrogens with zero attached hydrogens (tertiary/aromatic N) is 2. The lowest BCUT2D eigenvalue weighted by Gasteiger charge is -2.35. The summed E-state index contributed by atoms with van der Waals surface area (Å²) in [5, 5.41) is 16.1. The van der Waals surface area contributed by atoms with E-state index in [0.717, 1.165) is 18.6 Å². The Morgan fingerprint density at radius 2 is 1.91 bits per heavy atom. The van der Waals surface area contributed by atoms with Gasteiger partial charge in [-0.3, -0.25) is 9.79 Å². The maximum Gasteiger partial charge on any atom is 0.254 e. The molecule has 180 valence electrons. The molecule has 3 rings (SSSR count). The van der Waals surface area contributed by atoms with E-state index in [0.29, 0.717) is 50.7 Å². The highest BCUT2D eigenvalue weighted by atomic mass is 127. The zero-order valence-electron chi connectivity index (χ0n) is 19.3. The van der Waals surface area contributed by atoms with Crippen LogP contribution in [0.1, 0.15) is 42.6 Å². The largest absolute Gasteiger partial charge is 0.396 e. The van der Waals surface area contributed by atoms with Gasteiger partial charge in [0.1, 0.15) is 0 Å². The molecule has 2 heterocycles. The Labute approximate surface area is 208 Å². The first-order valence-corrected chi connectivity index (χ1v) is 11.1. The summed E-state index contributed by atoms with van der Waals surface area (Å²) in [6.45, 7) is 8.10. The third-order valence-corrected chi connectivity index (χ3v) is 6.05. The molecule has 3 atom stereocenters. The average Bonchev–Trinajstić information content (AvgIpc) is 3.22. The number of nitrogens with one attached hydrogen (secondary N) is 2. The summed E-state index contributed by atoms with van der Waals surface area (Å²) in [5.41, 5.74) is 1.72. The van der Waals surface area contributed by atoms with Crippen molar-refractivity contribution in [3.05, 3.63) is 35.4 Å². The number of carbonyl (C=O) groups is 1. The highest BCUT2D eigenvalue weighted by Gasteiger charge is 2.34. The van der Waals surface area contributed by atoms with Crippen LogP contribution in [-0.2, 0) is 16.0 Å². The fourth-order valence-electron chi connectivity index (χ4n) is 4.28. The van der Waals surface area contributed by atoms with Gasteiger partial charge < -0.3 is 30.1 Å². The van der Waals surface area contributed by atoms with Gasteiger partial charge in [0.2, 0.25) is 0 Å². The Hall–Kier alpha value is -1.43. The summed E-state index contributed by atoms with van der Waals surface area (Å²) in [6.07, 6.45) is 1.77. The quantitative estimate of drug-likeness (QED) is 0.269. The Balaban J connectivity index is 0.00000363. The summed E-state index contributed by atoms with van der Waals surface area (Å²) in [6, 6.07) is 7.71. The van der Waals surface area contributed by atoms with Gasteiger partial charge in [-0.1, -0.05) is 12.1 Å². The molecule has 0 bridgehead atoms. The number of amides is 1. The van der Waals surface area contributed by atoms with E-state index in [1.54, 1.807) is 7.05 Å². The van der Waals surface area contributed by atoms with E-state index in [-0.39, 0.29) is 54.1 Å². The van der Waals surface area contributed by atoms with Gasteiger partial charge in [0.25, 0.3) is 5.91 Å². The first-order valence-electron chi connectivity index (χ1n) is 11.1. The van der Waals surface area contributed by atoms with Gasteiger partial charge in [-0.05, 0) is 44.4 Å². The van der Waals surface area contributed by atoms with E-state index < -0.39 is 0 Å². The Morgan fingerprint density at radius 1 is 1.22 bits per heavy atom. The predicted octanol–water partition coefficient (Wildman–Crippen LogP) is 2.01. The summed E-state index contributed by atoms with van der Waals surface area (Å²) in [4.78, 5) is 19.0. The van der Waals surface area contributed by atoms with Crippen LogP contribution in [0.4, 0.5) is 0 Å². The van der Waals surface area contributed by atoms with Crippen molar-refractivity contribution in [2.45, 2.75) is 45.4 Å². The molecule has 0 aliphatic carbocycles. The normalized spacial score (nSPS) is 25.9. The fourth-order valence-corrected chi connectivity index (χ4v) is 4.28. The second-order valence-electron chi connectivity index (χ2n) is 8.72. The lowest BCUT2D eigenvalue weighted by molar-refractivity contribution is -0.0586. The van der Waals surface area contributed by atoms with Gasteiger partial charge >= 0.3 is 0 Å². The van der Waals surface area contributed by atoms with Crippen molar-refractivity contribution < 1.29 is 19.4 Å². The number of aliphatic hydroxyl groups is 1. The third-order valence-electron chi connectivity index (χ3n) is 6.05. The first kappa shape index (κ1) is 26.8. The Morgan fingerprint density at radius 3 is 2.47 bits per heavy atom. The molecule has 0 spiro atoms. The molecule has 1 aromatic rings. The number of guanidine groups is 1. The van der Waals surface area contributed by atoms with E-state index >= 15 is 0 Å². The second-order valence-corrected chi connectivity index (χ2v) is 8.72. The van der Waals surface area contributed by atoms with Gasteiger partial charge in [0, 0.05) is 57.4 Å². The first-order chi connectivity index (χ1) is 14.9. The summed E-state index contributed by atoms with van der Waals surface area (Å²) < 4.78 is 11.3. The van der Waals surface area contributed by atoms with Gasteiger partial charge in [0.05, 0.1) is 18.8 Å². The van der Waals surface area contributed by atoms with Crippen LogP contribution in [0.3, 0.4) is 0 Å². The average molecular weight is 560 g/mol. The zero-order chi connectivity index (χ0) is 22.3. The number of aliphatic hydroxyl groups excluding tert-OH is 1. The van der Waals surface area contributed by atoms with Crippen molar-refractivity contribution in [2.24, 2.45) is 10.4 Å². The lowest BCUT2D eigenvalue weighted by atomic mass is 9.84. The monoisotopic (exact) mass is 560 g/mol. The number of aliphatic imine (C=N–C) groups is 1. The number of hydrogen-bond donors (Lipinski definition) is 3. The van der Waals surface area contributed by atoms with Crippen molar-refractivity contribution >= 4 is 35.8 Å². The predicted molar refractivity (Wildman–Crippen MR) is 136 cm³/mol. The van der Waals surface area contributed by atoms with E-state index in [2.05, 4.69) is 15.6 Å². The molecule has 2 aliphatic heterocycles. The standard InChI is InChI=1S/C23H36N4O4.HI/c1-17-13-27(14-18(2)31-17)21(29)20-6-4-19(5-7-20)12-25-22(24-3)26-15-23(8-10-28)9-11-30-16-23;/h4-7,17-18,28H,8-16H2,1-3H3,(H2,24,25,26);1H. The van der Waals surface area contributed by atoms with Crippen molar-refractivity contribution in [3.63, 3.8) is 0 Å². The molecule has 1 amide bonds. The van der Waals surface area contributed by atoms with Crippen LogP contribution >= 0.6 is 24.0 Å². The number of hydrogen-bond acceptors (Lipinski definition) is 5. The summed E-state index contributed by atoms with van der Waals surface area (Å²) in [5.74, 6) is 0.757. The van der Waals surface area contributed by atoms with Crippen LogP contribution in [-0.4, -0.2) is 80.6 Å². The van der Waals surface area contributed by atoms with E-state index in [1.165, 1.54) is 0 Å².